The normalized spacial score (nSPS) is 28.7. The minimum Gasteiger partial charge on any atom is -0.497 e. The van der Waals surface area contributed by atoms with E-state index in [4.69, 9.17) is 17.0 Å². The number of likely N-dealkylation sites (tertiary alicyclic amines) is 1. The van der Waals surface area contributed by atoms with Crippen molar-refractivity contribution in [3.8, 4) is 5.75 Å². The molecule has 148 valence electrons. The molecule has 0 aromatic heterocycles. The summed E-state index contributed by atoms with van der Waals surface area (Å²) in [5.41, 5.74) is 1.34. The fraction of sp³-hybridized carbons (Fsp3) is 0.682. The van der Waals surface area contributed by atoms with E-state index in [1.54, 1.807) is 7.11 Å². The number of nitrogens with one attached hydrogen (secondary N) is 2. The molecule has 4 nitrogen and oxygen atoms in total. The van der Waals surface area contributed by atoms with Crippen molar-refractivity contribution in [2.24, 2.45) is 11.8 Å². The molecular weight excluding hydrogens is 354 g/mol. The lowest BCUT2D eigenvalue weighted by molar-refractivity contribution is 0.164. The first-order valence-corrected chi connectivity index (χ1v) is 11.1. The summed E-state index contributed by atoms with van der Waals surface area (Å²) in [5, 5.41) is 8.00. The zero-order valence-electron chi connectivity index (χ0n) is 16.5. The summed E-state index contributed by atoms with van der Waals surface area (Å²) in [6.07, 6.45) is 9.46. The van der Waals surface area contributed by atoms with Crippen molar-refractivity contribution >= 4 is 17.3 Å². The first kappa shape index (κ1) is 19.0. The Balaban J connectivity index is 1.36. The summed E-state index contributed by atoms with van der Waals surface area (Å²) in [5.74, 6) is 2.70. The number of thiocarbonyl (C=S) groups is 1. The van der Waals surface area contributed by atoms with Crippen LogP contribution in [0.4, 0.5) is 0 Å². The topological polar surface area (TPSA) is 36.5 Å². The van der Waals surface area contributed by atoms with Gasteiger partial charge >= 0.3 is 0 Å². The highest BCUT2D eigenvalue weighted by Crippen LogP contribution is 2.44. The highest BCUT2D eigenvalue weighted by Gasteiger charge is 2.39. The molecule has 0 radical (unpaired) electrons. The van der Waals surface area contributed by atoms with Crippen LogP contribution in [0, 0.1) is 11.8 Å². The highest BCUT2D eigenvalue weighted by atomic mass is 32.1. The van der Waals surface area contributed by atoms with Crippen molar-refractivity contribution in [1.82, 2.24) is 15.5 Å². The molecule has 2 aliphatic carbocycles. The van der Waals surface area contributed by atoms with Crippen LogP contribution in [0.25, 0.3) is 0 Å². The Labute approximate surface area is 169 Å². The van der Waals surface area contributed by atoms with Crippen LogP contribution in [0.3, 0.4) is 0 Å². The summed E-state index contributed by atoms with van der Waals surface area (Å²) in [7, 11) is 1.72. The van der Waals surface area contributed by atoms with Gasteiger partial charge in [0.1, 0.15) is 5.75 Å². The van der Waals surface area contributed by atoms with Gasteiger partial charge in [0.05, 0.1) is 13.2 Å². The van der Waals surface area contributed by atoms with Gasteiger partial charge in [0.25, 0.3) is 0 Å². The molecule has 1 aromatic carbocycles. The quantitative estimate of drug-likeness (QED) is 0.725. The maximum absolute atomic E-state index is 5.65. The van der Waals surface area contributed by atoms with Gasteiger partial charge in [-0.15, -0.1) is 0 Å². The van der Waals surface area contributed by atoms with Crippen LogP contribution in [-0.4, -0.2) is 42.8 Å². The fourth-order valence-corrected chi connectivity index (χ4v) is 5.58. The zero-order chi connectivity index (χ0) is 18.6. The van der Waals surface area contributed by atoms with Gasteiger partial charge in [0, 0.05) is 12.6 Å². The summed E-state index contributed by atoms with van der Waals surface area (Å²) in [6.45, 7) is 3.20. The van der Waals surface area contributed by atoms with Crippen molar-refractivity contribution in [3.63, 3.8) is 0 Å². The molecule has 0 unspecified atom stereocenters. The zero-order valence-corrected chi connectivity index (χ0v) is 17.3. The third-order valence-electron chi connectivity index (χ3n) is 6.84. The van der Waals surface area contributed by atoms with E-state index < -0.39 is 0 Å². The number of methoxy groups -OCH3 is 1. The van der Waals surface area contributed by atoms with Gasteiger partial charge in [-0.2, -0.15) is 0 Å². The van der Waals surface area contributed by atoms with Gasteiger partial charge in [0.15, 0.2) is 5.11 Å². The lowest BCUT2D eigenvalue weighted by Gasteiger charge is -2.35. The average Bonchev–Trinajstić information content (AvgIpc) is 3.32. The van der Waals surface area contributed by atoms with E-state index in [1.165, 1.54) is 63.6 Å². The van der Waals surface area contributed by atoms with E-state index in [-0.39, 0.29) is 0 Å². The number of ether oxygens (including phenoxy) is 1. The number of piperidine rings is 1. The second-order valence-electron chi connectivity index (χ2n) is 8.52. The summed E-state index contributed by atoms with van der Waals surface area (Å²) in [4.78, 5) is 2.61. The second-order valence-corrected chi connectivity index (χ2v) is 8.93. The van der Waals surface area contributed by atoms with E-state index in [1.807, 2.05) is 0 Å². The van der Waals surface area contributed by atoms with Gasteiger partial charge in [0.2, 0.25) is 0 Å². The molecule has 2 bridgehead atoms. The third kappa shape index (κ3) is 4.57. The lowest BCUT2D eigenvalue weighted by Crippen LogP contribution is -2.47. The Bertz CT molecular complexity index is 629. The Hall–Kier alpha value is -1.33. The van der Waals surface area contributed by atoms with Crippen LogP contribution >= 0.6 is 12.2 Å². The first-order chi connectivity index (χ1) is 13.2. The Kier molecular flexibility index (Phi) is 6.18. The molecule has 3 aliphatic rings. The standard InChI is InChI=1S/C22H33N3OS/c1-26-19-9-7-17(8-10-19)21(25-11-3-2-4-12-25)15-23-22(27)24-20-14-16-5-6-18(20)13-16/h7-10,16,18,20-21H,2-6,11-15H2,1H3,(H2,23,24,27)/t16-,18-,20+,21+/m0/s1. The molecule has 1 aromatic rings. The molecule has 2 saturated carbocycles. The van der Waals surface area contributed by atoms with E-state index >= 15 is 0 Å². The minimum atomic E-state index is 0.357. The Morgan fingerprint density at radius 1 is 1.15 bits per heavy atom. The molecule has 27 heavy (non-hydrogen) atoms. The number of benzene rings is 1. The van der Waals surface area contributed by atoms with E-state index in [0.29, 0.717) is 12.1 Å². The summed E-state index contributed by atoms with van der Waals surface area (Å²) < 4.78 is 5.33. The van der Waals surface area contributed by atoms with E-state index in [9.17, 15) is 0 Å². The average molecular weight is 388 g/mol. The van der Waals surface area contributed by atoms with E-state index in [0.717, 1.165) is 29.2 Å². The van der Waals surface area contributed by atoms with Gasteiger partial charge in [-0.05, 0) is 86.9 Å². The van der Waals surface area contributed by atoms with Crippen molar-refractivity contribution in [1.29, 1.82) is 0 Å². The maximum Gasteiger partial charge on any atom is 0.166 e. The van der Waals surface area contributed by atoms with Gasteiger partial charge < -0.3 is 15.4 Å². The Morgan fingerprint density at radius 3 is 2.56 bits per heavy atom. The number of hydrogen-bond donors (Lipinski definition) is 2. The van der Waals surface area contributed by atoms with Crippen LogP contribution in [-0.2, 0) is 0 Å². The summed E-state index contributed by atoms with van der Waals surface area (Å²) >= 11 is 5.65. The first-order valence-electron chi connectivity index (χ1n) is 10.7. The van der Waals surface area contributed by atoms with Crippen LogP contribution < -0.4 is 15.4 Å². The number of nitrogens with zero attached hydrogens (tertiary/aromatic N) is 1. The largest absolute Gasteiger partial charge is 0.497 e. The molecule has 3 fully saturated rings. The van der Waals surface area contributed by atoms with Crippen LogP contribution in [0.15, 0.2) is 24.3 Å². The lowest BCUT2D eigenvalue weighted by atomic mass is 9.95. The molecule has 0 spiro atoms. The fourth-order valence-electron chi connectivity index (χ4n) is 5.34. The highest BCUT2D eigenvalue weighted by molar-refractivity contribution is 7.80. The van der Waals surface area contributed by atoms with Crippen molar-refractivity contribution in [2.45, 2.75) is 57.0 Å². The molecule has 0 amide bonds. The van der Waals surface area contributed by atoms with Crippen LogP contribution in [0.5, 0.6) is 5.75 Å². The van der Waals surface area contributed by atoms with Crippen LogP contribution in [0.2, 0.25) is 0 Å². The van der Waals surface area contributed by atoms with Crippen molar-refractivity contribution in [3.05, 3.63) is 29.8 Å². The minimum absolute atomic E-state index is 0.357. The molecule has 4 rings (SSSR count). The molecular formula is C22H33N3OS. The molecule has 5 heteroatoms. The second kappa shape index (κ2) is 8.78. The Morgan fingerprint density at radius 2 is 1.93 bits per heavy atom. The number of rotatable bonds is 6. The monoisotopic (exact) mass is 387 g/mol. The third-order valence-corrected chi connectivity index (χ3v) is 7.10. The number of hydrogen-bond acceptors (Lipinski definition) is 3. The van der Waals surface area contributed by atoms with Gasteiger partial charge in [-0.3, -0.25) is 4.90 Å². The van der Waals surface area contributed by atoms with Crippen molar-refractivity contribution in [2.75, 3.05) is 26.7 Å². The van der Waals surface area contributed by atoms with Gasteiger partial charge in [-0.1, -0.05) is 25.0 Å². The molecule has 1 heterocycles. The maximum atomic E-state index is 5.65. The SMILES string of the molecule is COc1ccc([C@@H](CNC(=S)N[C@@H]2C[C@H]3CC[C@H]2C3)N2CCCCC2)cc1. The van der Waals surface area contributed by atoms with Crippen LogP contribution in [0.1, 0.15) is 56.6 Å². The number of fused-ring (bicyclic) bond motifs is 2. The predicted molar refractivity (Wildman–Crippen MR) is 114 cm³/mol. The molecule has 2 N–H and O–H groups in total. The molecule has 1 saturated heterocycles. The predicted octanol–water partition coefficient (Wildman–Crippen LogP) is 3.87. The summed E-state index contributed by atoms with van der Waals surface area (Å²) in [6, 6.07) is 9.49. The van der Waals surface area contributed by atoms with E-state index in [2.05, 4.69) is 39.8 Å². The smallest absolute Gasteiger partial charge is 0.166 e. The van der Waals surface area contributed by atoms with Crippen molar-refractivity contribution < 1.29 is 4.74 Å². The van der Waals surface area contributed by atoms with Gasteiger partial charge in [-0.25, -0.2) is 0 Å². The molecule has 1 aliphatic heterocycles. The molecule has 4 atom stereocenters.